The van der Waals surface area contributed by atoms with Gasteiger partial charge in [0.25, 0.3) is 0 Å². The van der Waals surface area contributed by atoms with Crippen molar-refractivity contribution in [2.24, 2.45) is 0 Å². The lowest BCUT2D eigenvalue weighted by molar-refractivity contribution is -0.113. The molecular formula is C21H19N3O3S. The molecule has 1 aromatic heterocycles. The molecule has 0 aliphatic heterocycles. The summed E-state index contributed by atoms with van der Waals surface area (Å²) in [4.78, 5) is 17.0. The predicted octanol–water partition coefficient (Wildman–Crippen LogP) is 4.16. The van der Waals surface area contributed by atoms with E-state index in [0.29, 0.717) is 27.8 Å². The van der Waals surface area contributed by atoms with Gasteiger partial charge in [-0.3, -0.25) is 4.79 Å². The fourth-order valence-electron chi connectivity index (χ4n) is 2.74. The zero-order chi connectivity index (χ0) is 20.1. The van der Waals surface area contributed by atoms with Crippen LogP contribution < -0.4 is 14.8 Å². The maximum atomic E-state index is 12.4. The Labute approximate surface area is 167 Å². The third-order valence-electron chi connectivity index (χ3n) is 4.16. The molecule has 3 aromatic rings. The van der Waals surface area contributed by atoms with Crippen molar-refractivity contribution in [3.05, 3.63) is 53.6 Å². The van der Waals surface area contributed by atoms with E-state index < -0.39 is 0 Å². The van der Waals surface area contributed by atoms with Crippen molar-refractivity contribution in [2.75, 3.05) is 25.3 Å². The quantitative estimate of drug-likeness (QED) is 0.633. The second-order valence-corrected chi connectivity index (χ2v) is 6.97. The normalized spacial score (nSPS) is 10.4. The maximum absolute atomic E-state index is 12.4. The lowest BCUT2D eigenvalue weighted by Gasteiger charge is -2.12. The second-order valence-electron chi connectivity index (χ2n) is 6.00. The van der Waals surface area contributed by atoms with E-state index in [1.54, 1.807) is 25.3 Å². The molecule has 2 aromatic carbocycles. The van der Waals surface area contributed by atoms with Crippen molar-refractivity contribution >= 4 is 34.3 Å². The summed E-state index contributed by atoms with van der Waals surface area (Å²) in [5.74, 6) is 1.05. The van der Waals surface area contributed by atoms with E-state index in [1.165, 1.54) is 18.9 Å². The average Bonchev–Trinajstić information content (AvgIpc) is 2.72. The number of para-hydroxylation sites is 1. The summed E-state index contributed by atoms with van der Waals surface area (Å²) in [6.07, 6.45) is 0. The number of anilines is 1. The van der Waals surface area contributed by atoms with Gasteiger partial charge in [0.2, 0.25) is 5.91 Å². The molecule has 6 nitrogen and oxygen atoms in total. The number of methoxy groups -OCH3 is 2. The van der Waals surface area contributed by atoms with Gasteiger partial charge in [0, 0.05) is 11.5 Å². The van der Waals surface area contributed by atoms with Crippen LogP contribution in [0.2, 0.25) is 0 Å². The van der Waals surface area contributed by atoms with Gasteiger partial charge in [-0.1, -0.05) is 30.0 Å². The minimum Gasteiger partial charge on any atom is -0.497 e. The van der Waals surface area contributed by atoms with Crippen LogP contribution in [0, 0.1) is 18.3 Å². The van der Waals surface area contributed by atoms with Gasteiger partial charge >= 0.3 is 0 Å². The van der Waals surface area contributed by atoms with Crippen LogP contribution in [0.1, 0.15) is 11.1 Å². The molecule has 0 spiro atoms. The Morgan fingerprint density at radius 3 is 2.75 bits per heavy atom. The molecule has 1 amide bonds. The number of carbonyl (C=O) groups excluding carboxylic acids is 1. The molecule has 7 heteroatoms. The number of nitrogens with one attached hydrogen (secondary N) is 1. The molecule has 3 rings (SSSR count). The minimum atomic E-state index is -0.218. The van der Waals surface area contributed by atoms with Crippen LogP contribution in [0.4, 0.5) is 5.69 Å². The first kappa shape index (κ1) is 19.5. The summed E-state index contributed by atoms with van der Waals surface area (Å²) in [6, 6.07) is 15.0. The van der Waals surface area contributed by atoms with Gasteiger partial charge in [-0.05, 0) is 30.7 Å². The summed E-state index contributed by atoms with van der Waals surface area (Å²) in [5, 5.41) is 13.7. The molecule has 0 aliphatic carbocycles. The van der Waals surface area contributed by atoms with Crippen LogP contribution in [0.3, 0.4) is 0 Å². The maximum Gasteiger partial charge on any atom is 0.234 e. The molecule has 28 heavy (non-hydrogen) atoms. The van der Waals surface area contributed by atoms with E-state index in [0.717, 1.165) is 16.5 Å². The molecule has 0 radical (unpaired) electrons. The Balaban J connectivity index is 1.76. The Bertz CT molecular complexity index is 1080. The van der Waals surface area contributed by atoms with Crippen LogP contribution in [0.25, 0.3) is 10.9 Å². The van der Waals surface area contributed by atoms with Crippen LogP contribution in [0.5, 0.6) is 11.5 Å². The second kappa shape index (κ2) is 8.63. The number of carbonyl (C=O) groups is 1. The van der Waals surface area contributed by atoms with Gasteiger partial charge in [-0.2, -0.15) is 5.26 Å². The highest BCUT2D eigenvalue weighted by Crippen LogP contribution is 2.30. The Morgan fingerprint density at radius 1 is 1.21 bits per heavy atom. The molecule has 1 heterocycles. The molecule has 0 bridgehead atoms. The number of rotatable bonds is 6. The summed E-state index contributed by atoms with van der Waals surface area (Å²) in [6.45, 7) is 1.97. The number of fused-ring (bicyclic) bond motifs is 1. The van der Waals surface area contributed by atoms with E-state index in [9.17, 15) is 10.1 Å². The molecule has 0 unspecified atom stereocenters. The average molecular weight is 393 g/mol. The van der Waals surface area contributed by atoms with Crippen molar-refractivity contribution in [3.63, 3.8) is 0 Å². The highest BCUT2D eigenvalue weighted by Gasteiger charge is 2.13. The first-order valence-corrected chi connectivity index (χ1v) is 9.49. The Kier molecular flexibility index (Phi) is 6.02. The monoisotopic (exact) mass is 393 g/mol. The third kappa shape index (κ3) is 4.18. The van der Waals surface area contributed by atoms with Gasteiger partial charge in [0.1, 0.15) is 22.6 Å². The zero-order valence-corrected chi connectivity index (χ0v) is 16.6. The highest BCUT2D eigenvalue weighted by atomic mass is 32.2. The fraction of sp³-hybridized carbons (Fsp3) is 0.190. The Morgan fingerprint density at radius 2 is 2.04 bits per heavy atom. The van der Waals surface area contributed by atoms with Crippen molar-refractivity contribution in [3.8, 4) is 17.6 Å². The van der Waals surface area contributed by atoms with Crippen LogP contribution in [0.15, 0.2) is 47.5 Å². The SMILES string of the molecule is COc1ccc(NC(=O)CSc2nc3c(C)cccc3cc2C#N)c(OC)c1. The molecule has 0 saturated heterocycles. The zero-order valence-electron chi connectivity index (χ0n) is 15.8. The van der Waals surface area contributed by atoms with Crippen LogP contribution in [-0.2, 0) is 4.79 Å². The Hall–Kier alpha value is -3.24. The number of nitrogens with zero attached hydrogens (tertiary/aromatic N) is 2. The van der Waals surface area contributed by atoms with E-state index in [2.05, 4.69) is 16.4 Å². The van der Waals surface area contributed by atoms with E-state index in [1.807, 2.05) is 31.2 Å². The summed E-state index contributed by atoms with van der Waals surface area (Å²) < 4.78 is 10.4. The van der Waals surface area contributed by atoms with Gasteiger partial charge < -0.3 is 14.8 Å². The largest absolute Gasteiger partial charge is 0.497 e. The standard InChI is InChI=1S/C21H19N3O3S/c1-13-5-4-6-14-9-15(11-22)21(24-20(13)14)28-12-19(25)23-17-8-7-16(26-2)10-18(17)27-3/h4-10H,12H2,1-3H3,(H,23,25). The minimum absolute atomic E-state index is 0.119. The van der Waals surface area contributed by atoms with Crippen molar-refractivity contribution in [1.82, 2.24) is 4.98 Å². The molecule has 0 fully saturated rings. The topological polar surface area (TPSA) is 84.2 Å². The predicted molar refractivity (Wildman–Crippen MR) is 110 cm³/mol. The fourth-order valence-corrected chi connectivity index (χ4v) is 3.50. The van der Waals surface area contributed by atoms with E-state index in [-0.39, 0.29) is 11.7 Å². The van der Waals surface area contributed by atoms with Crippen LogP contribution in [-0.4, -0.2) is 30.9 Å². The van der Waals surface area contributed by atoms with Gasteiger partial charge in [0.05, 0.1) is 36.7 Å². The third-order valence-corrected chi connectivity index (χ3v) is 5.15. The van der Waals surface area contributed by atoms with Gasteiger partial charge in [-0.25, -0.2) is 4.98 Å². The smallest absolute Gasteiger partial charge is 0.234 e. The first-order chi connectivity index (χ1) is 13.5. The molecule has 0 aliphatic rings. The highest BCUT2D eigenvalue weighted by molar-refractivity contribution is 8.00. The lowest BCUT2D eigenvalue weighted by atomic mass is 10.1. The summed E-state index contributed by atoms with van der Waals surface area (Å²) in [5.41, 5.74) is 2.87. The van der Waals surface area contributed by atoms with Gasteiger partial charge in [-0.15, -0.1) is 0 Å². The molecule has 142 valence electrons. The molecule has 1 N–H and O–H groups in total. The van der Waals surface area contributed by atoms with Crippen molar-refractivity contribution < 1.29 is 14.3 Å². The lowest BCUT2D eigenvalue weighted by Crippen LogP contribution is -2.15. The van der Waals surface area contributed by atoms with Gasteiger partial charge in [0.15, 0.2) is 0 Å². The first-order valence-electron chi connectivity index (χ1n) is 8.51. The number of hydrogen-bond acceptors (Lipinski definition) is 6. The number of amides is 1. The summed E-state index contributed by atoms with van der Waals surface area (Å²) in [7, 11) is 3.09. The molecule has 0 saturated carbocycles. The number of aromatic nitrogens is 1. The number of benzene rings is 2. The van der Waals surface area contributed by atoms with Crippen molar-refractivity contribution in [1.29, 1.82) is 5.26 Å². The number of nitriles is 1. The number of pyridine rings is 1. The van der Waals surface area contributed by atoms with Crippen molar-refractivity contribution in [2.45, 2.75) is 11.9 Å². The summed E-state index contributed by atoms with van der Waals surface area (Å²) >= 11 is 1.23. The van der Waals surface area contributed by atoms with E-state index >= 15 is 0 Å². The number of aryl methyl sites for hydroxylation is 1. The number of ether oxygens (including phenoxy) is 2. The molecule has 0 atom stereocenters. The van der Waals surface area contributed by atoms with Crippen LogP contribution >= 0.6 is 11.8 Å². The number of thioether (sulfide) groups is 1. The number of hydrogen-bond donors (Lipinski definition) is 1. The van der Waals surface area contributed by atoms with E-state index in [4.69, 9.17) is 9.47 Å². The molecular weight excluding hydrogens is 374 g/mol.